The minimum atomic E-state index is -0.0161. The van der Waals surface area contributed by atoms with E-state index < -0.39 is 0 Å². The van der Waals surface area contributed by atoms with Gasteiger partial charge in [-0.1, -0.05) is 18.2 Å². The summed E-state index contributed by atoms with van der Waals surface area (Å²) in [7, 11) is 0. The second-order valence-electron chi connectivity index (χ2n) is 7.12. The topological polar surface area (TPSA) is 62.2 Å². The lowest BCUT2D eigenvalue weighted by molar-refractivity contribution is -0.121. The third-order valence-corrected chi connectivity index (χ3v) is 6.38. The zero-order chi connectivity index (χ0) is 18.0. The number of carbonyl (C=O) groups excluding carboxylic acids is 1. The number of benzene rings is 1. The maximum atomic E-state index is 12.4. The van der Waals surface area contributed by atoms with E-state index in [9.17, 15) is 4.79 Å². The van der Waals surface area contributed by atoms with Crippen molar-refractivity contribution in [1.29, 1.82) is 0 Å². The van der Waals surface area contributed by atoms with E-state index in [4.69, 9.17) is 4.98 Å². The molecular formula is C20H20N4OS. The Balaban J connectivity index is 1.81. The summed E-state index contributed by atoms with van der Waals surface area (Å²) in [4.78, 5) is 23.0. The van der Waals surface area contributed by atoms with Gasteiger partial charge in [-0.2, -0.15) is 0 Å². The van der Waals surface area contributed by atoms with Gasteiger partial charge in [0, 0.05) is 40.0 Å². The van der Waals surface area contributed by atoms with Gasteiger partial charge in [-0.25, -0.2) is 4.98 Å². The number of H-pyrrole nitrogens is 1. The number of rotatable bonds is 1. The van der Waals surface area contributed by atoms with Crippen LogP contribution < -0.4 is 5.32 Å². The number of hydrogen-bond donors (Lipinski definition) is 2. The molecule has 0 spiro atoms. The van der Waals surface area contributed by atoms with Crippen molar-refractivity contribution in [2.75, 3.05) is 0 Å². The SMILES string of the molecule is Cc1cn2c3c(nc2s1)CNC(=O)CC3c1cccc2c(C)c(C)[nH]c12. The first-order valence-corrected chi connectivity index (χ1v) is 9.66. The molecule has 3 aromatic heterocycles. The fraction of sp³-hybridized carbons (Fsp3) is 0.300. The van der Waals surface area contributed by atoms with Crippen LogP contribution in [0.25, 0.3) is 15.9 Å². The van der Waals surface area contributed by atoms with E-state index in [1.807, 2.05) is 0 Å². The van der Waals surface area contributed by atoms with Crippen molar-refractivity contribution in [3.05, 3.63) is 57.5 Å². The van der Waals surface area contributed by atoms with Crippen LogP contribution in [0.4, 0.5) is 0 Å². The monoisotopic (exact) mass is 364 g/mol. The van der Waals surface area contributed by atoms with Crippen LogP contribution >= 0.6 is 11.3 Å². The fourth-order valence-corrected chi connectivity index (χ4v) is 4.96. The molecule has 2 N–H and O–H groups in total. The predicted octanol–water partition coefficient (Wildman–Crippen LogP) is 3.95. The van der Waals surface area contributed by atoms with Gasteiger partial charge in [0.1, 0.15) is 0 Å². The van der Waals surface area contributed by atoms with E-state index in [-0.39, 0.29) is 11.8 Å². The Kier molecular flexibility index (Phi) is 3.28. The van der Waals surface area contributed by atoms with Crippen molar-refractivity contribution in [3.8, 4) is 0 Å². The zero-order valence-corrected chi connectivity index (χ0v) is 15.8. The highest BCUT2D eigenvalue weighted by Crippen LogP contribution is 2.38. The summed E-state index contributed by atoms with van der Waals surface area (Å²) in [6.07, 6.45) is 2.58. The van der Waals surface area contributed by atoms with E-state index in [1.165, 1.54) is 27.1 Å². The Morgan fingerprint density at radius 1 is 1.27 bits per heavy atom. The number of aromatic amines is 1. The molecule has 1 amide bonds. The molecule has 1 unspecified atom stereocenters. The molecule has 0 saturated heterocycles. The van der Waals surface area contributed by atoms with E-state index in [1.54, 1.807) is 11.3 Å². The maximum Gasteiger partial charge on any atom is 0.221 e. The van der Waals surface area contributed by atoms with Gasteiger partial charge in [0.15, 0.2) is 4.96 Å². The molecule has 5 nitrogen and oxygen atoms in total. The first-order chi connectivity index (χ1) is 12.5. The van der Waals surface area contributed by atoms with Gasteiger partial charge in [0.2, 0.25) is 5.91 Å². The van der Waals surface area contributed by atoms with Gasteiger partial charge in [-0.15, -0.1) is 11.3 Å². The number of fused-ring (bicyclic) bond motifs is 4. The molecule has 26 heavy (non-hydrogen) atoms. The highest BCUT2D eigenvalue weighted by Gasteiger charge is 2.31. The smallest absolute Gasteiger partial charge is 0.221 e. The average molecular weight is 364 g/mol. The summed E-state index contributed by atoms with van der Waals surface area (Å²) in [5.74, 6) is 0.0587. The molecule has 1 aromatic carbocycles. The summed E-state index contributed by atoms with van der Waals surface area (Å²) in [5.41, 5.74) is 6.86. The maximum absolute atomic E-state index is 12.4. The van der Waals surface area contributed by atoms with Crippen LogP contribution in [-0.4, -0.2) is 20.3 Å². The van der Waals surface area contributed by atoms with Crippen LogP contribution in [0.3, 0.4) is 0 Å². The number of carbonyl (C=O) groups is 1. The molecule has 132 valence electrons. The minimum Gasteiger partial charge on any atom is -0.358 e. The molecular weight excluding hydrogens is 344 g/mol. The number of thiazole rings is 1. The van der Waals surface area contributed by atoms with Crippen LogP contribution in [-0.2, 0) is 11.3 Å². The van der Waals surface area contributed by atoms with Crippen molar-refractivity contribution in [3.63, 3.8) is 0 Å². The van der Waals surface area contributed by atoms with Crippen LogP contribution in [0, 0.1) is 20.8 Å². The van der Waals surface area contributed by atoms with Gasteiger partial charge in [-0.3, -0.25) is 9.20 Å². The first kappa shape index (κ1) is 15.6. The second kappa shape index (κ2) is 5.45. The Hall–Kier alpha value is -2.60. The number of aromatic nitrogens is 3. The van der Waals surface area contributed by atoms with Crippen LogP contribution in [0.5, 0.6) is 0 Å². The van der Waals surface area contributed by atoms with Crippen LogP contribution in [0.1, 0.15) is 45.4 Å². The Morgan fingerprint density at radius 3 is 2.96 bits per heavy atom. The van der Waals surface area contributed by atoms with Gasteiger partial charge >= 0.3 is 0 Å². The fourth-order valence-electron chi connectivity index (χ4n) is 4.11. The molecule has 1 aliphatic heterocycles. The Labute approximate surface area is 155 Å². The van der Waals surface area contributed by atoms with Crippen molar-refractivity contribution in [2.24, 2.45) is 0 Å². The average Bonchev–Trinajstić information content (AvgIpc) is 3.18. The van der Waals surface area contributed by atoms with Crippen molar-refractivity contribution < 1.29 is 4.79 Å². The predicted molar refractivity (Wildman–Crippen MR) is 104 cm³/mol. The molecule has 0 radical (unpaired) electrons. The zero-order valence-electron chi connectivity index (χ0n) is 15.0. The number of nitrogens with zero attached hydrogens (tertiary/aromatic N) is 2. The minimum absolute atomic E-state index is 0.0161. The van der Waals surface area contributed by atoms with Crippen LogP contribution in [0.15, 0.2) is 24.4 Å². The van der Waals surface area contributed by atoms with Crippen molar-refractivity contribution in [1.82, 2.24) is 19.7 Å². The normalized spacial score (nSPS) is 17.5. The molecule has 4 heterocycles. The summed E-state index contributed by atoms with van der Waals surface area (Å²) in [6, 6.07) is 6.39. The highest BCUT2D eigenvalue weighted by molar-refractivity contribution is 7.17. The van der Waals surface area contributed by atoms with Gasteiger partial charge in [0.05, 0.1) is 17.9 Å². The van der Waals surface area contributed by atoms with E-state index in [0.29, 0.717) is 13.0 Å². The number of amides is 1. The number of nitrogens with one attached hydrogen (secondary N) is 2. The molecule has 4 aromatic rings. The standard InChI is InChI=1S/C20H20N4OS/c1-10-9-24-19-15(7-17(25)21-8-16(19)23-20(24)26-10)14-6-4-5-13-11(2)12(3)22-18(13)14/h4-6,9,15,22H,7-8H2,1-3H3,(H,21,25). The van der Waals surface area contributed by atoms with Gasteiger partial charge < -0.3 is 10.3 Å². The largest absolute Gasteiger partial charge is 0.358 e. The van der Waals surface area contributed by atoms with E-state index in [0.717, 1.165) is 21.9 Å². The molecule has 0 fully saturated rings. The Bertz CT molecular complexity index is 1180. The number of imidazole rings is 1. The lowest BCUT2D eigenvalue weighted by atomic mass is 9.90. The van der Waals surface area contributed by atoms with E-state index >= 15 is 0 Å². The first-order valence-electron chi connectivity index (χ1n) is 8.84. The quantitative estimate of drug-likeness (QED) is 0.537. The molecule has 1 aliphatic rings. The summed E-state index contributed by atoms with van der Waals surface area (Å²) in [6.45, 7) is 6.84. The Morgan fingerprint density at radius 2 is 2.12 bits per heavy atom. The van der Waals surface area contributed by atoms with Crippen molar-refractivity contribution >= 4 is 33.1 Å². The summed E-state index contributed by atoms with van der Waals surface area (Å²) < 4.78 is 2.18. The molecule has 5 rings (SSSR count). The third-order valence-electron chi connectivity index (χ3n) is 5.48. The van der Waals surface area contributed by atoms with E-state index in [2.05, 4.69) is 59.9 Å². The molecule has 6 heteroatoms. The van der Waals surface area contributed by atoms with Gasteiger partial charge in [0.25, 0.3) is 0 Å². The summed E-state index contributed by atoms with van der Waals surface area (Å²) >= 11 is 1.69. The lowest BCUT2D eigenvalue weighted by Gasteiger charge is -2.16. The number of aryl methyl sites for hydroxylation is 3. The van der Waals surface area contributed by atoms with Crippen molar-refractivity contribution in [2.45, 2.75) is 39.7 Å². The number of para-hydroxylation sites is 1. The molecule has 1 atom stereocenters. The number of hydrogen-bond acceptors (Lipinski definition) is 3. The molecule has 0 aliphatic carbocycles. The molecule has 0 bridgehead atoms. The highest BCUT2D eigenvalue weighted by atomic mass is 32.1. The third kappa shape index (κ3) is 2.15. The molecule has 0 saturated carbocycles. The summed E-state index contributed by atoms with van der Waals surface area (Å²) in [5, 5.41) is 4.24. The second-order valence-corrected chi connectivity index (χ2v) is 8.33. The van der Waals surface area contributed by atoms with Crippen LogP contribution in [0.2, 0.25) is 0 Å². The lowest BCUT2D eigenvalue weighted by Crippen LogP contribution is -2.21. The van der Waals surface area contributed by atoms with Gasteiger partial charge in [-0.05, 0) is 31.9 Å².